The molecule has 4 rings (SSSR count). The summed E-state index contributed by atoms with van der Waals surface area (Å²) in [4.78, 5) is 12.6. The molecular weight excluding hydrogens is 414 g/mol. The Morgan fingerprint density at radius 2 is 1.30 bits per heavy atom. The van der Waals surface area contributed by atoms with Crippen molar-refractivity contribution in [3.63, 3.8) is 0 Å². The van der Waals surface area contributed by atoms with E-state index >= 15 is 0 Å². The van der Waals surface area contributed by atoms with Crippen LogP contribution >= 0.6 is 0 Å². The van der Waals surface area contributed by atoms with Crippen LogP contribution < -0.4 is 22.9 Å². The summed E-state index contributed by atoms with van der Waals surface area (Å²) in [6.45, 7) is 14.7. The molecule has 1 aromatic carbocycles. The summed E-state index contributed by atoms with van der Waals surface area (Å²) in [7, 11) is 0. The molecule has 0 radical (unpaired) electrons. The first-order chi connectivity index (χ1) is 16.0. The van der Waals surface area contributed by atoms with E-state index in [0.29, 0.717) is 18.1 Å². The number of fused-ring (bicyclic) bond motifs is 1. The molecule has 0 aliphatic carbocycles. The number of rotatable bonds is 2. The SMILES string of the molecule is CC.CC.CC.CCn1nc(-c2nc(N)c(N)c(N)n2)c2cccnc21.Nc1ccccc1. The van der Waals surface area contributed by atoms with Crippen molar-refractivity contribution >= 4 is 34.0 Å². The van der Waals surface area contributed by atoms with Gasteiger partial charge in [-0.05, 0) is 31.2 Å². The first kappa shape index (κ1) is 29.1. The van der Waals surface area contributed by atoms with Gasteiger partial charge in [-0.3, -0.25) is 0 Å². The Balaban J connectivity index is 0.000000659. The summed E-state index contributed by atoms with van der Waals surface area (Å²) in [6.07, 6.45) is 1.71. The molecule has 0 unspecified atom stereocenters. The highest BCUT2D eigenvalue weighted by atomic mass is 15.3. The van der Waals surface area contributed by atoms with Crippen LogP contribution in [0.4, 0.5) is 23.0 Å². The minimum absolute atomic E-state index is 0.149. The highest BCUT2D eigenvalue weighted by Gasteiger charge is 2.17. The Kier molecular flexibility index (Phi) is 14.0. The molecule has 0 spiro atoms. The molecule has 0 saturated heterocycles. The normalized spacial score (nSPS) is 9.06. The number of benzene rings is 1. The van der Waals surface area contributed by atoms with Gasteiger partial charge in [0.2, 0.25) is 0 Å². The summed E-state index contributed by atoms with van der Waals surface area (Å²) in [6, 6.07) is 13.2. The molecule has 4 aromatic rings. The lowest BCUT2D eigenvalue weighted by Gasteiger charge is -2.04. The number of nitrogens with two attached hydrogens (primary N) is 4. The Morgan fingerprint density at radius 1 is 0.758 bits per heavy atom. The van der Waals surface area contributed by atoms with Crippen LogP contribution in [-0.2, 0) is 6.54 Å². The second-order valence-electron chi connectivity index (χ2n) is 5.68. The number of anilines is 4. The third-order valence-electron chi connectivity index (χ3n) is 3.82. The molecular formula is C24H39N9. The number of aryl methyl sites for hydroxylation is 1. The van der Waals surface area contributed by atoms with Gasteiger partial charge in [0.1, 0.15) is 11.4 Å². The smallest absolute Gasteiger partial charge is 0.184 e. The van der Waals surface area contributed by atoms with Gasteiger partial charge in [-0.15, -0.1) is 0 Å². The zero-order chi connectivity index (χ0) is 25.4. The van der Waals surface area contributed by atoms with E-state index in [0.717, 1.165) is 16.7 Å². The van der Waals surface area contributed by atoms with E-state index < -0.39 is 0 Å². The van der Waals surface area contributed by atoms with Gasteiger partial charge in [0.05, 0.1) is 5.39 Å². The predicted octanol–water partition coefficient (Wildman–Crippen LogP) is 5.00. The van der Waals surface area contributed by atoms with Gasteiger partial charge in [-0.25, -0.2) is 19.6 Å². The van der Waals surface area contributed by atoms with Crippen molar-refractivity contribution < 1.29 is 0 Å². The van der Waals surface area contributed by atoms with Crippen molar-refractivity contribution in [3.8, 4) is 11.5 Å². The van der Waals surface area contributed by atoms with Gasteiger partial charge in [0.25, 0.3) is 0 Å². The fourth-order valence-electron chi connectivity index (χ4n) is 2.46. The van der Waals surface area contributed by atoms with E-state index in [1.807, 2.05) is 90.9 Å². The third kappa shape index (κ3) is 7.95. The lowest BCUT2D eigenvalue weighted by Crippen LogP contribution is -2.07. The fourth-order valence-corrected chi connectivity index (χ4v) is 2.46. The number of nitrogens with zero attached hydrogens (tertiary/aromatic N) is 5. The van der Waals surface area contributed by atoms with Crippen molar-refractivity contribution in [3.05, 3.63) is 48.7 Å². The van der Waals surface area contributed by atoms with Crippen molar-refractivity contribution in [1.29, 1.82) is 0 Å². The molecule has 180 valence electrons. The van der Waals surface area contributed by atoms with E-state index in [4.69, 9.17) is 22.9 Å². The summed E-state index contributed by atoms with van der Waals surface area (Å²) in [5, 5.41) is 5.31. The molecule has 0 bridgehead atoms. The van der Waals surface area contributed by atoms with Gasteiger partial charge in [-0.1, -0.05) is 59.7 Å². The molecule has 0 aliphatic heterocycles. The van der Waals surface area contributed by atoms with Gasteiger partial charge >= 0.3 is 0 Å². The quantitative estimate of drug-likeness (QED) is 0.308. The molecule has 9 nitrogen and oxygen atoms in total. The second-order valence-corrected chi connectivity index (χ2v) is 5.68. The van der Waals surface area contributed by atoms with Crippen LogP contribution in [0.25, 0.3) is 22.6 Å². The van der Waals surface area contributed by atoms with E-state index in [9.17, 15) is 0 Å². The standard InChI is InChI=1S/C12H14N8.C6H7N.3C2H6/c1-2-20-12-6(4-3-5-16-12)8(19-20)11-17-9(14)7(13)10(15)18-11;7-6-4-2-1-3-5-6;3*1-2/h3-5H,2,13H2,1H3,(H4,14,15,17,18);1-5H,7H2;3*1-2H3. The average Bonchev–Trinajstić information content (AvgIpc) is 3.26. The molecule has 33 heavy (non-hydrogen) atoms. The number of hydrogen-bond acceptors (Lipinski definition) is 8. The third-order valence-corrected chi connectivity index (χ3v) is 3.82. The lowest BCUT2D eigenvalue weighted by molar-refractivity contribution is 0.678. The van der Waals surface area contributed by atoms with Crippen molar-refractivity contribution in [2.45, 2.75) is 55.0 Å². The lowest BCUT2D eigenvalue weighted by atomic mass is 10.2. The van der Waals surface area contributed by atoms with Crippen molar-refractivity contribution in [2.24, 2.45) is 0 Å². The molecule has 9 heteroatoms. The van der Waals surface area contributed by atoms with Crippen molar-refractivity contribution in [1.82, 2.24) is 24.7 Å². The maximum atomic E-state index is 5.74. The Labute approximate surface area is 197 Å². The highest BCUT2D eigenvalue weighted by molar-refractivity contribution is 5.90. The number of pyridine rings is 1. The van der Waals surface area contributed by atoms with Crippen LogP contribution in [0.1, 0.15) is 48.5 Å². The molecule has 3 heterocycles. The maximum absolute atomic E-state index is 5.74. The number of nitrogen functional groups attached to an aromatic ring is 4. The van der Waals surface area contributed by atoms with Crippen LogP contribution in [0, 0.1) is 0 Å². The first-order valence-electron chi connectivity index (χ1n) is 11.3. The molecule has 8 N–H and O–H groups in total. The van der Waals surface area contributed by atoms with E-state index in [1.54, 1.807) is 10.9 Å². The Morgan fingerprint density at radius 3 is 1.76 bits per heavy atom. The number of hydrogen-bond donors (Lipinski definition) is 4. The summed E-state index contributed by atoms with van der Waals surface area (Å²) >= 11 is 0. The number of aromatic nitrogens is 5. The molecule has 0 aliphatic rings. The van der Waals surface area contributed by atoms with E-state index in [-0.39, 0.29) is 17.3 Å². The molecule has 0 saturated carbocycles. The van der Waals surface area contributed by atoms with Crippen LogP contribution in [0.3, 0.4) is 0 Å². The van der Waals surface area contributed by atoms with E-state index in [1.165, 1.54) is 0 Å². The largest absolute Gasteiger partial charge is 0.399 e. The summed E-state index contributed by atoms with van der Waals surface area (Å²) in [5.41, 5.74) is 24.9. The zero-order valence-corrected chi connectivity index (χ0v) is 20.9. The molecule has 0 fully saturated rings. The van der Waals surface area contributed by atoms with Crippen LogP contribution in [0.2, 0.25) is 0 Å². The Hall–Kier alpha value is -3.88. The Bertz CT molecular complexity index is 1040. The topological polar surface area (TPSA) is 161 Å². The molecule has 3 aromatic heterocycles. The maximum Gasteiger partial charge on any atom is 0.184 e. The minimum atomic E-state index is 0.149. The van der Waals surface area contributed by atoms with Gasteiger partial charge in [-0.2, -0.15) is 5.10 Å². The zero-order valence-electron chi connectivity index (χ0n) is 20.9. The van der Waals surface area contributed by atoms with Crippen molar-refractivity contribution in [2.75, 3.05) is 22.9 Å². The summed E-state index contributed by atoms with van der Waals surface area (Å²) < 4.78 is 1.77. The highest BCUT2D eigenvalue weighted by Crippen LogP contribution is 2.28. The minimum Gasteiger partial charge on any atom is -0.399 e. The fraction of sp³-hybridized carbons (Fsp3) is 0.333. The van der Waals surface area contributed by atoms with Gasteiger partial charge in [0, 0.05) is 18.4 Å². The first-order valence-corrected chi connectivity index (χ1v) is 11.3. The number of para-hydroxylation sites is 1. The predicted molar refractivity (Wildman–Crippen MR) is 142 cm³/mol. The monoisotopic (exact) mass is 453 g/mol. The second kappa shape index (κ2) is 15.9. The van der Waals surface area contributed by atoms with Gasteiger partial charge in [0.15, 0.2) is 23.1 Å². The van der Waals surface area contributed by atoms with E-state index in [2.05, 4.69) is 20.1 Å². The average molecular weight is 454 g/mol. The molecule has 0 amide bonds. The van der Waals surface area contributed by atoms with Crippen LogP contribution in [0.15, 0.2) is 48.7 Å². The summed E-state index contributed by atoms with van der Waals surface area (Å²) in [5.74, 6) is 0.644. The van der Waals surface area contributed by atoms with Gasteiger partial charge < -0.3 is 22.9 Å². The van der Waals surface area contributed by atoms with Crippen LogP contribution in [0.5, 0.6) is 0 Å². The van der Waals surface area contributed by atoms with Crippen LogP contribution in [-0.4, -0.2) is 24.7 Å². The molecule has 0 atom stereocenters.